The van der Waals surface area contributed by atoms with E-state index in [0.29, 0.717) is 0 Å². The smallest absolute Gasteiger partial charge is 0.315 e. The van der Waals surface area contributed by atoms with E-state index in [1.165, 1.54) is 11.3 Å². The van der Waals surface area contributed by atoms with Gasteiger partial charge in [-0.05, 0) is 44.0 Å². The number of halogens is 2. The Morgan fingerprint density at radius 2 is 2.18 bits per heavy atom. The molecule has 1 atom stereocenters. The molecule has 0 saturated carbocycles. The minimum Gasteiger partial charge on any atom is -0.338 e. The molecule has 1 aromatic carbocycles. The van der Waals surface area contributed by atoms with Crippen LogP contribution in [0, 0.1) is 18.6 Å². The molecule has 0 fully saturated rings. The number of hydrogen-bond donors (Lipinski definition) is 2. The molecule has 2 N–H and O–H groups in total. The number of hydrogen-bond acceptors (Lipinski definition) is 3. The van der Waals surface area contributed by atoms with E-state index in [1.54, 1.807) is 0 Å². The zero-order valence-corrected chi connectivity index (χ0v) is 13.1. The molecule has 2 rings (SSSR count). The van der Waals surface area contributed by atoms with Crippen LogP contribution in [0.4, 0.5) is 13.6 Å². The van der Waals surface area contributed by atoms with E-state index in [1.807, 2.05) is 19.2 Å². The number of aryl methyl sites for hydroxylation is 1. The zero-order valence-electron chi connectivity index (χ0n) is 12.3. The van der Waals surface area contributed by atoms with E-state index >= 15 is 0 Å². The quantitative estimate of drug-likeness (QED) is 0.886. The molecule has 1 aromatic heterocycles. The van der Waals surface area contributed by atoms with Crippen molar-refractivity contribution in [3.05, 3.63) is 51.5 Å². The molecule has 2 amide bonds. The molecular weight excluding hydrogens is 308 g/mol. The van der Waals surface area contributed by atoms with E-state index in [0.717, 1.165) is 28.9 Å². The highest BCUT2D eigenvalue weighted by atomic mass is 32.1. The van der Waals surface area contributed by atoms with Gasteiger partial charge >= 0.3 is 6.03 Å². The Morgan fingerprint density at radius 1 is 1.41 bits per heavy atom. The van der Waals surface area contributed by atoms with Crippen LogP contribution in [0.1, 0.15) is 29.2 Å². The third-order valence-corrected chi connectivity index (χ3v) is 4.19. The van der Waals surface area contributed by atoms with Gasteiger partial charge in [0.25, 0.3) is 0 Å². The summed E-state index contributed by atoms with van der Waals surface area (Å²) in [5.41, 5.74) is 1.15. The van der Waals surface area contributed by atoms with Crippen LogP contribution in [0.2, 0.25) is 0 Å². The number of urea groups is 1. The van der Waals surface area contributed by atoms with Crippen molar-refractivity contribution in [2.24, 2.45) is 0 Å². The minimum absolute atomic E-state index is 0.204. The van der Waals surface area contributed by atoms with Gasteiger partial charge in [-0.1, -0.05) is 0 Å². The molecule has 7 heteroatoms. The van der Waals surface area contributed by atoms with Gasteiger partial charge in [-0.15, -0.1) is 11.3 Å². The maximum atomic E-state index is 13.4. The third-order valence-electron chi connectivity index (χ3n) is 3.04. The Hall–Kier alpha value is -2.02. The van der Waals surface area contributed by atoms with Crippen molar-refractivity contribution in [3.8, 4) is 0 Å². The van der Waals surface area contributed by atoms with Crippen molar-refractivity contribution in [1.82, 2.24) is 15.6 Å². The Morgan fingerprint density at radius 3 is 2.86 bits per heavy atom. The van der Waals surface area contributed by atoms with Crippen molar-refractivity contribution in [2.45, 2.75) is 26.3 Å². The molecular formula is C15H17F2N3OS. The largest absolute Gasteiger partial charge is 0.338 e. The van der Waals surface area contributed by atoms with Crippen molar-refractivity contribution in [1.29, 1.82) is 0 Å². The molecule has 0 aliphatic rings. The predicted molar refractivity (Wildman–Crippen MR) is 81.9 cm³/mol. The average molecular weight is 325 g/mol. The number of carbonyl (C=O) groups excluding carboxylic acids is 1. The lowest BCUT2D eigenvalue weighted by atomic mass is 10.1. The molecule has 0 aliphatic carbocycles. The van der Waals surface area contributed by atoms with Crippen molar-refractivity contribution >= 4 is 17.4 Å². The van der Waals surface area contributed by atoms with Gasteiger partial charge in [-0.3, -0.25) is 0 Å². The molecule has 4 nitrogen and oxygen atoms in total. The van der Waals surface area contributed by atoms with Crippen molar-refractivity contribution in [3.63, 3.8) is 0 Å². The molecule has 1 heterocycles. The summed E-state index contributed by atoms with van der Waals surface area (Å²) < 4.78 is 26.4. The first-order valence-electron chi connectivity index (χ1n) is 6.86. The second-order valence-electron chi connectivity index (χ2n) is 4.93. The second kappa shape index (κ2) is 7.31. The topological polar surface area (TPSA) is 54.0 Å². The third kappa shape index (κ3) is 4.49. The number of nitrogens with one attached hydrogen (secondary N) is 2. The molecule has 0 saturated heterocycles. The molecule has 0 unspecified atom stereocenters. The number of thiazole rings is 1. The monoisotopic (exact) mass is 325 g/mol. The van der Waals surface area contributed by atoms with Crippen LogP contribution < -0.4 is 10.6 Å². The molecule has 22 heavy (non-hydrogen) atoms. The number of carbonyl (C=O) groups is 1. The van der Waals surface area contributed by atoms with Gasteiger partial charge in [-0.2, -0.15) is 0 Å². The number of benzene rings is 1. The standard InChI is InChI=1S/C15H17F2N3OS/c1-9-8-22-14(19-9)10(2)20-15(21)18-6-5-11-7-12(16)3-4-13(11)17/h3-4,7-8,10H,5-6H2,1-2H3,(H2,18,20,21)/t10-/m0/s1. The zero-order chi connectivity index (χ0) is 16.1. The van der Waals surface area contributed by atoms with Gasteiger partial charge in [0.2, 0.25) is 0 Å². The SMILES string of the molecule is Cc1csc([C@H](C)NC(=O)NCCc2cc(F)ccc2F)n1. The van der Waals surface area contributed by atoms with E-state index < -0.39 is 11.6 Å². The van der Waals surface area contributed by atoms with Crippen LogP contribution in [0.3, 0.4) is 0 Å². The lowest BCUT2D eigenvalue weighted by Gasteiger charge is -2.12. The summed E-state index contributed by atoms with van der Waals surface area (Å²) in [5, 5.41) is 8.11. The van der Waals surface area contributed by atoms with Crippen LogP contribution in [0.15, 0.2) is 23.6 Å². The summed E-state index contributed by atoms with van der Waals surface area (Å²) in [5.74, 6) is -0.969. The molecule has 0 aliphatic heterocycles. The molecule has 0 spiro atoms. The maximum absolute atomic E-state index is 13.4. The number of nitrogens with zero attached hydrogens (tertiary/aromatic N) is 1. The first kappa shape index (κ1) is 16.4. The van der Waals surface area contributed by atoms with Gasteiger partial charge in [0.1, 0.15) is 16.6 Å². The Balaban J connectivity index is 1.79. The summed E-state index contributed by atoms with van der Waals surface area (Å²) in [7, 11) is 0. The first-order chi connectivity index (χ1) is 10.5. The summed E-state index contributed by atoms with van der Waals surface area (Å²) in [6, 6.07) is 2.71. The van der Waals surface area contributed by atoms with E-state index in [4.69, 9.17) is 0 Å². The Bertz CT molecular complexity index is 660. The highest BCUT2D eigenvalue weighted by Gasteiger charge is 2.12. The van der Waals surface area contributed by atoms with Crippen molar-refractivity contribution < 1.29 is 13.6 Å². The van der Waals surface area contributed by atoms with Crippen LogP contribution in [0.5, 0.6) is 0 Å². The first-order valence-corrected chi connectivity index (χ1v) is 7.74. The molecule has 0 bridgehead atoms. The lowest BCUT2D eigenvalue weighted by Crippen LogP contribution is -2.38. The van der Waals surface area contributed by atoms with E-state index in [9.17, 15) is 13.6 Å². The van der Waals surface area contributed by atoms with Crippen LogP contribution in [-0.4, -0.2) is 17.6 Å². The lowest BCUT2D eigenvalue weighted by molar-refractivity contribution is 0.238. The number of aromatic nitrogens is 1. The fourth-order valence-corrected chi connectivity index (χ4v) is 2.73. The van der Waals surface area contributed by atoms with E-state index in [-0.39, 0.29) is 30.6 Å². The van der Waals surface area contributed by atoms with Gasteiger partial charge < -0.3 is 10.6 Å². The van der Waals surface area contributed by atoms with Crippen LogP contribution in [-0.2, 0) is 6.42 Å². The highest BCUT2D eigenvalue weighted by molar-refractivity contribution is 7.09. The summed E-state index contributed by atoms with van der Waals surface area (Å²) in [6.07, 6.45) is 0.224. The highest BCUT2D eigenvalue weighted by Crippen LogP contribution is 2.17. The van der Waals surface area contributed by atoms with Gasteiger partial charge in [0.05, 0.1) is 6.04 Å². The van der Waals surface area contributed by atoms with Crippen molar-refractivity contribution in [2.75, 3.05) is 6.54 Å². The number of rotatable bonds is 5. The van der Waals surface area contributed by atoms with E-state index in [2.05, 4.69) is 15.6 Å². The normalized spacial score (nSPS) is 12.0. The summed E-state index contributed by atoms with van der Waals surface area (Å²) in [6.45, 7) is 3.94. The second-order valence-corrected chi connectivity index (χ2v) is 5.82. The average Bonchev–Trinajstić information content (AvgIpc) is 2.89. The Kier molecular flexibility index (Phi) is 5.43. The predicted octanol–water partition coefficient (Wildman–Crippen LogP) is 3.33. The van der Waals surface area contributed by atoms with Gasteiger partial charge in [-0.25, -0.2) is 18.6 Å². The molecule has 118 valence electrons. The molecule has 0 radical (unpaired) electrons. The van der Waals surface area contributed by atoms with Gasteiger partial charge in [0, 0.05) is 17.6 Å². The molecule has 2 aromatic rings. The van der Waals surface area contributed by atoms with Crippen LogP contribution in [0.25, 0.3) is 0 Å². The number of amides is 2. The van der Waals surface area contributed by atoms with Crippen LogP contribution >= 0.6 is 11.3 Å². The van der Waals surface area contributed by atoms with Gasteiger partial charge in [0.15, 0.2) is 0 Å². The summed E-state index contributed by atoms with van der Waals surface area (Å²) in [4.78, 5) is 16.1. The minimum atomic E-state index is -0.492. The maximum Gasteiger partial charge on any atom is 0.315 e. The summed E-state index contributed by atoms with van der Waals surface area (Å²) >= 11 is 1.48. The Labute approximate surface area is 131 Å². The fourth-order valence-electron chi connectivity index (χ4n) is 1.93. The fraction of sp³-hybridized carbons (Fsp3) is 0.333.